The van der Waals surface area contributed by atoms with Crippen LogP contribution in [0, 0.1) is 22.9 Å². The van der Waals surface area contributed by atoms with Crippen LogP contribution in [0.1, 0.15) is 30.6 Å². The van der Waals surface area contributed by atoms with Crippen molar-refractivity contribution in [2.75, 3.05) is 6.54 Å². The van der Waals surface area contributed by atoms with Gasteiger partial charge >= 0.3 is 5.69 Å². The standard InChI is InChI=1S/C13H17FN2O5/c1-7-5-11(16(20)21)10(14)6-9(7)13(19)12(18)3-4-15-8(2)17/h5-6,12-13,18-19H,3-4H2,1-2H3,(H,15,17). The summed E-state index contributed by atoms with van der Waals surface area (Å²) < 4.78 is 13.6. The second kappa shape index (κ2) is 7.09. The van der Waals surface area contributed by atoms with Gasteiger partial charge in [0.1, 0.15) is 6.10 Å². The first-order valence-electron chi connectivity index (χ1n) is 6.29. The van der Waals surface area contributed by atoms with E-state index >= 15 is 0 Å². The van der Waals surface area contributed by atoms with Crippen LogP contribution in [0.25, 0.3) is 0 Å². The molecular formula is C13H17FN2O5. The summed E-state index contributed by atoms with van der Waals surface area (Å²) in [6.07, 6.45) is -2.55. The SMILES string of the molecule is CC(=O)NCCC(O)C(O)c1cc(F)c([N+](=O)[O-])cc1C. The van der Waals surface area contributed by atoms with E-state index in [9.17, 15) is 29.5 Å². The lowest BCUT2D eigenvalue weighted by Gasteiger charge is -2.20. The third-order valence-corrected chi connectivity index (χ3v) is 3.03. The molecule has 2 unspecified atom stereocenters. The first-order chi connectivity index (χ1) is 9.73. The Kier molecular flexibility index (Phi) is 5.74. The minimum absolute atomic E-state index is 0.0682. The molecule has 1 amide bonds. The smallest absolute Gasteiger partial charge is 0.305 e. The molecule has 0 aromatic heterocycles. The molecule has 116 valence electrons. The van der Waals surface area contributed by atoms with Crippen molar-refractivity contribution in [3.05, 3.63) is 39.2 Å². The summed E-state index contributed by atoms with van der Waals surface area (Å²) in [5, 5.41) is 32.9. The molecule has 7 nitrogen and oxygen atoms in total. The summed E-state index contributed by atoms with van der Waals surface area (Å²) in [7, 11) is 0. The number of aliphatic hydroxyl groups excluding tert-OH is 2. The van der Waals surface area contributed by atoms with E-state index in [2.05, 4.69) is 5.32 Å². The lowest BCUT2D eigenvalue weighted by atomic mass is 9.97. The summed E-state index contributed by atoms with van der Waals surface area (Å²) in [5.41, 5.74) is -0.307. The Morgan fingerprint density at radius 1 is 1.48 bits per heavy atom. The molecule has 0 spiro atoms. The highest BCUT2D eigenvalue weighted by atomic mass is 19.1. The maximum Gasteiger partial charge on any atom is 0.305 e. The number of amides is 1. The number of hydrogen-bond acceptors (Lipinski definition) is 5. The van der Waals surface area contributed by atoms with Gasteiger partial charge in [0.05, 0.1) is 11.0 Å². The third-order valence-electron chi connectivity index (χ3n) is 3.03. The lowest BCUT2D eigenvalue weighted by molar-refractivity contribution is -0.387. The van der Waals surface area contributed by atoms with E-state index in [1.807, 2.05) is 0 Å². The molecule has 0 bridgehead atoms. The van der Waals surface area contributed by atoms with Crippen molar-refractivity contribution in [1.29, 1.82) is 0 Å². The fourth-order valence-corrected chi connectivity index (χ4v) is 1.90. The highest BCUT2D eigenvalue weighted by molar-refractivity contribution is 5.72. The average Bonchev–Trinajstić information content (AvgIpc) is 2.39. The van der Waals surface area contributed by atoms with E-state index in [1.54, 1.807) is 0 Å². The zero-order valence-electron chi connectivity index (χ0n) is 11.7. The van der Waals surface area contributed by atoms with Crippen molar-refractivity contribution in [3.8, 4) is 0 Å². The molecule has 0 aliphatic heterocycles. The molecule has 0 saturated carbocycles. The molecule has 1 rings (SSSR count). The molecule has 8 heteroatoms. The second-order valence-corrected chi connectivity index (χ2v) is 4.70. The Hall–Kier alpha value is -2.06. The first kappa shape index (κ1) is 17.0. The fraction of sp³-hybridized carbons (Fsp3) is 0.462. The first-order valence-corrected chi connectivity index (χ1v) is 6.29. The maximum atomic E-state index is 13.6. The summed E-state index contributed by atoms with van der Waals surface area (Å²) in [4.78, 5) is 20.4. The number of aryl methyl sites for hydroxylation is 1. The summed E-state index contributed by atoms with van der Waals surface area (Å²) in [6, 6.07) is 1.86. The molecule has 0 heterocycles. The van der Waals surface area contributed by atoms with Crippen LogP contribution in [0.3, 0.4) is 0 Å². The Morgan fingerprint density at radius 2 is 2.10 bits per heavy atom. The number of aliphatic hydroxyl groups is 2. The predicted octanol–water partition coefficient (Wildman–Crippen LogP) is 0.963. The van der Waals surface area contributed by atoms with Crippen LogP contribution in [0.2, 0.25) is 0 Å². The van der Waals surface area contributed by atoms with Gasteiger partial charge in [0, 0.05) is 19.5 Å². The number of rotatable bonds is 6. The second-order valence-electron chi connectivity index (χ2n) is 4.70. The zero-order chi connectivity index (χ0) is 16.2. The van der Waals surface area contributed by atoms with Crippen molar-refractivity contribution in [3.63, 3.8) is 0 Å². The maximum absolute atomic E-state index is 13.6. The number of hydrogen-bond donors (Lipinski definition) is 3. The number of carbonyl (C=O) groups excluding carboxylic acids is 1. The van der Waals surface area contributed by atoms with Crippen LogP contribution in [0.5, 0.6) is 0 Å². The Morgan fingerprint density at radius 3 is 2.62 bits per heavy atom. The van der Waals surface area contributed by atoms with E-state index < -0.39 is 28.6 Å². The lowest BCUT2D eigenvalue weighted by Crippen LogP contribution is -2.28. The Bertz CT molecular complexity index is 550. The molecule has 0 saturated heterocycles. The minimum Gasteiger partial charge on any atom is -0.390 e. The Labute approximate surface area is 120 Å². The molecule has 0 aliphatic rings. The van der Waals surface area contributed by atoms with Crippen LogP contribution in [-0.2, 0) is 4.79 Å². The van der Waals surface area contributed by atoms with E-state index in [0.717, 1.165) is 12.1 Å². The molecule has 1 aromatic rings. The van der Waals surface area contributed by atoms with Gasteiger partial charge in [0.15, 0.2) is 0 Å². The van der Waals surface area contributed by atoms with E-state index in [0.29, 0.717) is 5.56 Å². The van der Waals surface area contributed by atoms with Gasteiger partial charge in [-0.1, -0.05) is 0 Å². The minimum atomic E-state index is -1.39. The van der Waals surface area contributed by atoms with E-state index in [1.165, 1.54) is 13.8 Å². The van der Waals surface area contributed by atoms with Crippen LogP contribution < -0.4 is 5.32 Å². The van der Waals surface area contributed by atoms with Crippen molar-refractivity contribution in [1.82, 2.24) is 5.32 Å². The summed E-state index contributed by atoms with van der Waals surface area (Å²) in [5.74, 6) is -1.34. The molecule has 0 radical (unpaired) electrons. The highest BCUT2D eigenvalue weighted by Crippen LogP contribution is 2.28. The van der Waals surface area contributed by atoms with Gasteiger partial charge < -0.3 is 15.5 Å². The van der Waals surface area contributed by atoms with Gasteiger partial charge in [-0.15, -0.1) is 0 Å². The molecular weight excluding hydrogens is 283 g/mol. The number of halogens is 1. The topological polar surface area (TPSA) is 113 Å². The number of benzene rings is 1. The third kappa shape index (κ3) is 4.47. The normalized spacial score (nSPS) is 13.6. The fourth-order valence-electron chi connectivity index (χ4n) is 1.90. The van der Waals surface area contributed by atoms with Crippen LogP contribution in [-0.4, -0.2) is 33.7 Å². The van der Waals surface area contributed by atoms with Gasteiger partial charge in [0.2, 0.25) is 11.7 Å². The molecule has 1 aromatic carbocycles. The van der Waals surface area contributed by atoms with E-state index in [4.69, 9.17) is 0 Å². The average molecular weight is 300 g/mol. The predicted molar refractivity (Wildman–Crippen MR) is 72.1 cm³/mol. The number of nitro benzene ring substituents is 1. The zero-order valence-corrected chi connectivity index (χ0v) is 11.7. The van der Waals surface area contributed by atoms with Gasteiger partial charge in [-0.25, -0.2) is 0 Å². The van der Waals surface area contributed by atoms with Crippen molar-refractivity contribution < 1.29 is 24.3 Å². The van der Waals surface area contributed by atoms with Gasteiger partial charge in [-0.3, -0.25) is 14.9 Å². The van der Waals surface area contributed by atoms with Crippen LogP contribution >= 0.6 is 0 Å². The van der Waals surface area contributed by atoms with Crippen molar-refractivity contribution in [2.45, 2.75) is 32.5 Å². The van der Waals surface area contributed by atoms with Gasteiger partial charge in [0.25, 0.3) is 0 Å². The van der Waals surface area contributed by atoms with Gasteiger partial charge in [-0.2, -0.15) is 4.39 Å². The van der Waals surface area contributed by atoms with Crippen molar-refractivity contribution in [2.24, 2.45) is 0 Å². The molecule has 0 aliphatic carbocycles. The largest absolute Gasteiger partial charge is 0.390 e. The number of nitrogens with one attached hydrogen (secondary N) is 1. The van der Waals surface area contributed by atoms with E-state index in [-0.39, 0.29) is 24.4 Å². The van der Waals surface area contributed by atoms with Gasteiger partial charge in [-0.05, 0) is 30.5 Å². The van der Waals surface area contributed by atoms with Crippen molar-refractivity contribution >= 4 is 11.6 Å². The quantitative estimate of drug-likeness (QED) is 0.535. The number of nitrogens with zero attached hydrogens (tertiary/aromatic N) is 1. The molecule has 21 heavy (non-hydrogen) atoms. The van der Waals surface area contributed by atoms with Crippen LogP contribution in [0.4, 0.5) is 10.1 Å². The number of carbonyl (C=O) groups is 1. The summed E-state index contributed by atoms with van der Waals surface area (Å²) in [6.45, 7) is 2.95. The highest BCUT2D eigenvalue weighted by Gasteiger charge is 2.24. The van der Waals surface area contributed by atoms with Crippen LogP contribution in [0.15, 0.2) is 12.1 Å². The molecule has 0 fully saturated rings. The molecule has 2 atom stereocenters. The monoisotopic (exact) mass is 300 g/mol. The Balaban J connectivity index is 2.87. The molecule has 3 N–H and O–H groups in total. The summed E-state index contributed by atoms with van der Waals surface area (Å²) >= 11 is 0. The number of nitro groups is 1.